The van der Waals surface area contributed by atoms with Gasteiger partial charge < -0.3 is 20.6 Å². The molecular weight excluding hydrogens is 262 g/mol. The Morgan fingerprint density at radius 2 is 1.80 bits per heavy atom. The zero-order chi connectivity index (χ0) is 15.1. The number of amides is 3. The molecule has 0 aliphatic heterocycles. The van der Waals surface area contributed by atoms with Crippen molar-refractivity contribution < 1.29 is 19.5 Å². The van der Waals surface area contributed by atoms with Crippen LogP contribution in [0.2, 0.25) is 0 Å². The van der Waals surface area contributed by atoms with Crippen LogP contribution in [0, 0.1) is 0 Å². The number of hydrogen-bond donors (Lipinski definition) is 2. The van der Waals surface area contributed by atoms with Gasteiger partial charge in [0.25, 0.3) is 0 Å². The molecule has 7 heteroatoms. The lowest BCUT2D eigenvalue weighted by atomic mass is 10.2. The van der Waals surface area contributed by atoms with Gasteiger partial charge in [0.15, 0.2) is 0 Å². The van der Waals surface area contributed by atoms with E-state index in [0.29, 0.717) is 13.0 Å². The summed E-state index contributed by atoms with van der Waals surface area (Å²) >= 11 is 0. The van der Waals surface area contributed by atoms with Gasteiger partial charge in [-0.05, 0) is 19.3 Å². The van der Waals surface area contributed by atoms with Crippen LogP contribution < -0.4 is 5.73 Å². The van der Waals surface area contributed by atoms with E-state index >= 15 is 0 Å². The largest absolute Gasteiger partial charge is 0.480 e. The van der Waals surface area contributed by atoms with E-state index in [9.17, 15) is 14.4 Å². The van der Waals surface area contributed by atoms with Crippen molar-refractivity contribution in [2.24, 2.45) is 5.73 Å². The first kappa shape index (κ1) is 16.3. The van der Waals surface area contributed by atoms with Gasteiger partial charge in [-0.25, -0.2) is 4.79 Å². The number of nitrogens with two attached hydrogens (primary N) is 1. The van der Waals surface area contributed by atoms with E-state index in [4.69, 9.17) is 10.8 Å². The standard InChI is InChI=1S/C13H23N3O4/c1-2-7-15(9-12(18)19)13(20)16(8-11(14)17)10-5-3-4-6-10/h10H,2-9H2,1H3,(H2,14,17)(H,18,19). The minimum Gasteiger partial charge on any atom is -0.480 e. The third-order valence-corrected chi connectivity index (χ3v) is 3.43. The Balaban J connectivity index is 2.81. The normalized spacial score (nSPS) is 15.1. The highest BCUT2D eigenvalue weighted by molar-refractivity contribution is 5.85. The maximum atomic E-state index is 12.5. The van der Waals surface area contributed by atoms with E-state index in [1.54, 1.807) is 0 Å². The summed E-state index contributed by atoms with van der Waals surface area (Å²) < 4.78 is 0. The first-order valence-electron chi connectivity index (χ1n) is 7.01. The summed E-state index contributed by atoms with van der Waals surface area (Å²) in [7, 11) is 0. The molecule has 1 fully saturated rings. The molecule has 7 nitrogen and oxygen atoms in total. The highest BCUT2D eigenvalue weighted by Gasteiger charge is 2.31. The molecule has 0 aromatic heterocycles. The summed E-state index contributed by atoms with van der Waals surface area (Å²) in [5.74, 6) is -1.63. The first-order chi connectivity index (χ1) is 9.45. The molecule has 0 bridgehead atoms. The number of carboxylic acid groups (broad SMARTS) is 1. The van der Waals surface area contributed by atoms with Crippen molar-refractivity contribution >= 4 is 17.9 Å². The lowest BCUT2D eigenvalue weighted by molar-refractivity contribution is -0.137. The van der Waals surface area contributed by atoms with E-state index in [-0.39, 0.29) is 19.1 Å². The van der Waals surface area contributed by atoms with Gasteiger partial charge in [-0.1, -0.05) is 19.8 Å². The van der Waals surface area contributed by atoms with Crippen molar-refractivity contribution in [2.45, 2.75) is 45.1 Å². The van der Waals surface area contributed by atoms with Crippen molar-refractivity contribution in [3.05, 3.63) is 0 Å². The topological polar surface area (TPSA) is 104 Å². The van der Waals surface area contributed by atoms with E-state index in [1.807, 2.05) is 6.92 Å². The molecule has 20 heavy (non-hydrogen) atoms. The van der Waals surface area contributed by atoms with Crippen LogP contribution in [-0.2, 0) is 9.59 Å². The molecule has 1 rings (SSSR count). The van der Waals surface area contributed by atoms with Crippen LogP contribution in [0.15, 0.2) is 0 Å². The fraction of sp³-hybridized carbons (Fsp3) is 0.769. The van der Waals surface area contributed by atoms with Gasteiger partial charge in [0.1, 0.15) is 13.1 Å². The number of nitrogens with zero attached hydrogens (tertiary/aromatic N) is 2. The van der Waals surface area contributed by atoms with Gasteiger partial charge in [-0.3, -0.25) is 9.59 Å². The minimum atomic E-state index is -1.06. The molecule has 0 radical (unpaired) electrons. The number of carbonyl (C=O) groups excluding carboxylic acids is 2. The minimum absolute atomic E-state index is 0.0110. The monoisotopic (exact) mass is 285 g/mol. The molecule has 0 aromatic rings. The maximum Gasteiger partial charge on any atom is 0.323 e. The average Bonchev–Trinajstić information content (AvgIpc) is 2.87. The Morgan fingerprint density at radius 1 is 1.20 bits per heavy atom. The number of hydrogen-bond acceptors (Lipinski definition) is 3. The maximum absolute atomic E-state index is 12.5. The molecule has 0 saturated heterocycles. The zero-order valence-corrected chi connectivity index (χ0v) is 11.9. The van der Waals surface area contributed by atoms with E-state index in [0.717, 1.165) is 25.7 Å². The SMILES string of the molecule is CCCN(CC(=O)O)C(=O)N(CC(N)=O)C1CCCC1. The Kier molecular flexibility index (Phi) is 6.27. The number of primary amides is 1. The molecule has 3 amide bonds. The van der Waals surface area contributed by atoms with Crippen LogP contribution in [0.5, 0.6) is 0 Å². The molecular formula is C13H23N3O4. The summed E-state index contributed by atoms with van der Waals surface area (Å²) in [4.78, 5) is 37.2. The van der Waals surface area contributed by atoms with Gasteiger partial charge in [0, 0.05) is 12.6 Å². The fourth-order valence-corrected chi connectivity index (χ4v) is 2.59. The second-order valence-electron chi connectivity index (χ2n) is 5.13. The van der Waals surface area contributed by atoms with Crippen LogP contribution in [0.1, 0.15) is 39.0 Å². The third kappa shape index (κ3) is 4.71. The van der Waals surface area contributed by atoms with E-state index < -0.39 is 17.9 Å². The van der Waals surface area contributed by atoms with Crippen molar-refractivity contribution in [3.8, 4) is 0 Å². The smallest absolute Gasteiger partial charge is 0.323 e. The molecule has 1 aliphatic carbocycles. The van der Waals surface area contributed by atoms with Gasteiger partial charge >= 0.3 is 12.0 Å². The van der Waals surface area contributed by atoms with Crippen LogP contribution in [-0.4, -0.2) is 58.5 Å². The van der Waals surface area contributed by atoms with Crippen molar-refractivity contribution in [1.82, 2.24) is 9.80 Å². The van der Waals surface area contributed by atoms with Gasteiger partial charge in [0.2, 0.25) is 5.91 Å². The summed E-state index contributed by atoms with van der Waals surface area (Å²) in [6.45, 7) is 1.72. The molecule has 0 heterocycles. The second kappa shape index (κ2) is 7.72. The molecule has 114 valence electrons. The lowest BCUT2D eigenvalue weighted by Crippen LogP contribution is -2.51. The van der Waals surface area contributed by atoms with E-state index in [2.05, 4.69) is 0 Å². The second-order valence-corrected chi connectivity index (χ2v) is 5.13. The van der Waals surface area contributed by atoms with Crippen LogP contribution in [0.4, 0.5) is 4.79 Å². The van der Waals surface area contributed by atoms with Crippen LogP contribution in [0.25, 0.3) is 0 Å². The number of urea groups is 1. The summed E-state index contributed by atoms with van der Waals surface area (Å²) in [6.07, 6.45) is 4.37. The number of carbonyl (C=O) groups is 3. The number of rotatable bonds is 7. The Bertz CT molecular complexity index is 367. The van der Waals surface area contributed by atoms with Gasteiger partial charge in [-0.2, -0.15) is 0 Å². The summed E-state index contributed by atoms with van der Waals surface area (Å²) in [5.41, 5.74) is 5.21. The number of carboxylic acids is 1. The Hall–Kier alpha value is -1.79. The molecule has 0 atom stereocenters. The molecule has 0 unspecified atom stereocenters. The zero-order valence-electron chi connectivity index (χ0n) is 11.9. The Labute approximate surface area is 118 Å². The molecule has 0 spiro atoms. The lowest BCUT2D eigenvalue weighted by Gasteiger charge is -2.33. The highest BCUT2D eigenvalue weighted by atomic mass is 16.4. The third-order valence-electron chi connectivity index (χ3n) is 3.43. The predicted octanol–water partition coefficient (Wildman–Crippen LogP) is 0.633. The fourth-order valence-electron chi connectivity index (χ4n) is 2.59. The molecule has 1 aliphatic rings. The van der Waals surface area contributed by atoms with Crippen molar-refractivity contribution in [2.75, 3.05) is 19.6 Å². The van der Waals surface area contributed by atoms with Gasteiger partial charge in [-0.15, -0.1) is 0 Å². The van der Waals surface area contributed by atoms with E-state index in [1.165, 1.54) is 9.80 Å². The number of aliphatic carboxylic acids is 1. The predicted molar refractivity (Wildman–Crippen MR) is 73.1 cm³/mol. The average molecular weight is 285 g/mol. The molecule has 0 aromatic carbocycles. The summed E-state index contributed by atoms with van der Waals surface area (Å²) in [5, 5.41) is 8.88. The van der Waals surface area contributed by atoms with Crippen molar-refractivity contribution in [3.63, 3.8) is 0 Å². The van der Waals surface area contributed by atoms with Gasteiger partial charge in [0.05, 0.1) is 0 Å². The summed E-state index contributed by atoms with van der Waals surface area (Å²) in [6, 6.07) is -0.414. The van der Waals surface area contributed by atoms with Crippen molar-refractivity contribution in [1.29, 1.82) is 0 Å². The highest BCUT2D eigenvalue weighted by Crippen LogP contribution is 2.24. The molecule has 1 saturated carbocycles. The first-order valence-corrected chi connectivity index (χ1v) is 7.01. The molecule has 3 N–H and O–H groups in total. The Morgan fingerprint density at radius 3 is 2.25 bits per heavy atom. The van der Waals surface area contributed by atoms with Crippen LogP contribution in [0.3, 0.4) is 0 Å². The van der Waals surface area contributed by atoms with Crippen LogP contribution >= 0.6 is 0 Å². The quantitative estimate of drug-likeness (QED) is 0.716.